The van der Waals surface area contributed by atoms with E-state index in [4.69, 9.17) is 11.0 Å². The Morgan fingerprint density at radius 1 is 1.41 bits per heavy atom. The Hall–Kier alpha value is -1.69. The SMILES string of the molecule is CCCCCC(C)Nc1cc(C#N)ccc1N. The highest BCUT2D eigenvalue weighted by Gasteiger charge is 2.05. The highest BCUT2D eigenvalue weighted by atomic mass is 14.9. The van der Waals surface area contributed by atoms with Crippen LogP contribution < -0.4 is 11.1 Å². The number of unbranched alkanes of at least 4 members (excludes halogenated alkanes) is 2. The number of rotatable bonds is 6. The van der Waals surface area contributed by atoms with E-state index in [0.29, 0.717) is 17.3 Å². The van der Waals surface area contributed by atoms with Crippen LogP contribution in [0.3, 0.4) is 0 Å². The topological polar surface area (TPSA) is 61.8 Å². The number of nitrogens with one attached hydrogen (secondary N) is 1. The molecule has 0 radical (unpaired) electrons. The molecule has 0 saturated heterocycles. The maximum atomic E-state index is 8.84. The zero-order valence-corrected chi connectivity index (χ0v) is 10.7. The van der Waals surface area contributed by atoms with Gasteiger partial charge in [0.1, 0.15) is 0 Å². The average molecular weight is 231 g/mol. The third-order valence-corrected chi connectivity index (χ3v) is 2.82. The zero-order chi connectivity index (χ0) is 12.7. The third-order valence-electron chi connectivity index (χ3n) is 2.82. The molecule has 0 saturated carbocycles. The summed E-state index contributed by atoms with van der Waals surface area (Å²) < 4.78 is 0. The predicted octanol–water partition coefficient (Wildman–Crippen LogP) is 3.52. The quantitative estimate of drug-likeness (QED) is 0.581. The number of benzene rings is 1. The van der Waals surface area contributed by atoms with E-state index in [1.54, 1.807) is 12.1 Å². The van der Waals surface area contributed by atoms with Crippen molar-refractivity contribution in [2.24, 2.45) is 0 Å². The van der Waals surface area contributed by atoms with Gasteiger partial charge in [-0.15, -0.1) is 0 Å². The highest BCUT2D eigenvalue weighted by molar-refractivity contribution is 5.68. The van der Waals surface area contributed by atoms with Gasteiger partial charge < -0.3 is 11.1 Å². The van der Waals surface area contributed by atoms with E-state index >= 15 is 0 Å². The van der Waals surface area contributed by atoms with Gasteiger partial charge in [0.15, 0.2) is 0 Å². The van der Waals surface area contributed by atoms with Crippen molar-refractivity contribution in [1.29, 1.82) is 5.26 Å². The van der Waals surface area contributed by atoms with Crippen LogP contribution >= 0.6 is 0 Å². The number of nitrogens with zero attached hydrogens (tertiary/aromatic N) is 1. The van der Waals surface area contributed by atoms with Crippen molar-refractivity contribution in [3.8, 4) is 6.07 Å². The maximum Gasteiger partial charge on any atom is 0.0992 e. The molecule has 0 aliphatic carbocycles. The summed E-state index contributed by atoms with van der Waals surface area (Å²) in [5.41, 5.74) is 8.09. The van der Waals surface area contributed by atoms with Gasteiger partial charge in [0.25, 0.3) is 0 Å². The van der Waals surface area contributed by atoms with Gasteiger partial charge in [0.2, 0.25) is 0 Å². The summed E-state index contributed by atoms with van der Waals surface area (Å²) in [6.07, 6.45) is 4.85. The molecule has 1 aromatic carbocycles. The second-order valence-electron chi connectivity index (χ2n) is 4.46. The number of nitriles is 1. The molecule has 17 heavy (non-hydrogen) atoms. The predicted molar refractivity (Wildman–Crippen MR) is 72.8 cm³/mol. The van der Waals surface area contributed by atoms with Crippen molar-refractivity contribution in [3.63, 3.8) is 0 Å². The first-order valence-electron chi connectivity index (χ1n) is 6.23. The first-order valence-corrected chi connectivity index (χ1v) is 6.23. The summed E-state index contributed by atoms with van der Waals surface area (Å²) >= 11 is 0. The largest absolute Gasteiger partial charge is 0.397 e. The monoisotopic (exact) mass is 231 g/mol. The second kappa shape index (κ2) is 6.80. The first-order chi connectivity index (χ1) is 8.17. The zero-order valence-electron chi connectivity index (χ0n) is 10.7. The molecule has 1 aromatic rings. The van der Waals surface area contributed by atoms with Crippen LogP contribution in [0.15, 0.2) is 18.2 Å². The van der Waals surface area contributed by atoms with Crippen LogP contribution in [0.4, 0.5) is 11.4 Å². The summed E-state index contributed by atoms with van der Waals surface area (Å²) in [5.74, 6) is 0. The molecule has 3 N–H and O–H groups in total. The molecule has 0 bridgehead atoms. The summed E-state index contributed by atoms with van der Waals surface area (Å²) in [4.78, 5) is 0. The summed E-state index contributed by atoms with van der Waals surface area (Å²) in [6, 6.07) is 7.84. The smallest absolute Gasteiger partial charge is 0.0992 e. The van der Waals surface area contributed by atoms with E-state index in [-0.39, 0.29) is 0 Å². The van der Waals surface area contributed by atoms with Gasteiger partial charge >= 0.3 is 0 Å². The van der Waals surface area contributed by atoms with E-state index in [1.807, 2.05) is 6.07 Å². The standard InChI is InChI=1S/C14H21N3/c1-3-4-5-6-11(2)17-14-9-12(10-15)7-8-13(14)16/h7-9,11,17H,3-6,16H2,1-2H3. The normalized spacial score (nSPS) is 11.8. The Kier molecular flexibility index (Phi) is 5.35. The number of nitrogens with two attached hydrogens (primary N) is 1. The van der Waals surface area contributed by atoms with Gasteiger partial charge in [0, 0.05) is 6.04 Å². The molecule has 92 valence electrons. The molecule has 0 spiro atoms. The van der Waals surface area contributed by atoms with Crippen molar-refractivity contribution < 1.29 is 0 Å². The molecule has 0 heterocycles. The van der Waals surface area contributed by atoms with E-state index in [9.17, 15) is 0 Å². The van der Waals surface area contributed by atoms with Crippen molar-refractivity contribution >= 4 is 11.4 Å². The first kappa shape index (κ1) is 13.4. The molecular weight excluding hydrogens is 210 g/mol. The van der Waals surface area contributed by atoms with Crippen LogP contribution in [-0.4, -0.2) is 6.04 Å². The fraction of sp³-hybridized carbons (Fsp3) is 0.500. The molecule has 0 aliphatic rings. The Balaban J connectivity index is 2.58. The minimum absolute atomic E-state index is 0.387. The van der Waals surface area contributed by atoms with E-state index in [1.165, 1.54) is 19.3 Å². The van der Waals surface area contributed by atoms with Crippen LogP contribution in [0, 0.1) is 11.3 Å². The highest BCUT2D eigenvalue weighted by Crippen LogP contribution is 2.21. The minimum atomic E-state index is 0.387. The lowest BCUT2D eigenvalue weighted by Gasteiger charge is -2.16. The van der Waals surface area contributed by atoms with Gasteiger partial charge in [-0.3, -0.25) is 0 Å². The second-order valence-corrected chi connectivity index (χ2v) is 4.46. The van der Waals surface area contributed by atoms with Crippen LogP contribution in [0.5, 0.6) is 0 Å². The molecule has 1 atom stereocenters. The lowest BCUT2D eigenvalue weighted by atomic mass is 10.1. The van der Waals surface area contributed by atoms with Gasteiger partial charge in [-0.25, -0.2) is 0 Å². The Labute approximate surface area is 104 Å². The van der Waals surface area contributed by atoms with E-state index in [0.717, 1.165) is 12.1 Å². The molecule has 3 heteroatoms. The fourth-order valence-corrected chi connectivity index (χ4v) is 1.79. The van der Waals surface area contributed by atoms with Crippen LogP contribution in [-0.2, 0) is 0 Å². The summed E-state index contributed by atoms with van der Waals surface area (Å²) in [5, 5.41) is 12.2. The molecule has 1 rings (SSSR count). The van der Waals surface area contributed by atoms with Gasteiger partial charge in [-0.2, -0.15) is 5.26 Å². The lowest BCUT2D eigenvalue weighted by molar-refractivity contribution is 0.615. The number of anilines is 2. The molecule has 0 amide bonds. The molecule has 3 nitrogen and oxygen atoms in total. The summed E-state index contributed by atoms with van der Waals surface area (Å²) in [7, 11) is 0. The number of hydrogen-bond donors (Lipinski definition) is 2. The average Bonchev–Trinajstić information content (AvgIpc) is 2.32. The van der Waals surface area contributed by atoms with E-state index < -0.39 is 0 Å². The van der Waals surface area contributed by atoms with Crippen molar-refractivity contribution in [1.82, 2.24) is 0 Å². The van der Waals surface area contributed by atoms with E-state index in [2.05, 4.69) is 25.2 Å². The fourth-order valence-electron chi connectivity index (χ4n) is 1.79. The number of hydrogen-bond acceptors (Lipinski definition) is 3. The van der Waals surface area contributed by atoms with Gasteiger partial charge in [-0.05, 0) is 31.5 Å². The minimum Gasteiger partial charge on any atom is -0.397 e. The molecule has 0 aromatic heterocycles. The van der Waals surface area contributed by atoms with Gasteiger partial charge in [0.05, 0.1) is 23.0 Å². The summed E-state index contributed by atoms with van der Waals surface area (Å²) in [6.45, 7) is 4.35. The Bertz CT molecular complexity index is 393. The maximum absolute atomic E-state index is 8.84. The van der Waals surface area contributed by atoms with Crippen LogP contribution in [0.2, 0.25) is 0 Å². The molecule has 1 unspecified atom stereocenters. The van der Waals surface area contributed by atoms with Crippen molar-refractivity contribution in [2.75, 3.05) is 11.1 Å². The Morgan fingerprint density at radius 2 is 2.18 bits per heavy atom. The van der Waals surface area contributed by atoms with Crippen molar-refractivity contribution in [3.05, 3.63) is 23.8 Å². The van der Waals surface area contributed by atoms with Crippen molar-refractivity contribution in [2.45, 2.75) is 45.6 Å². The number of nitrogen functional groups attached to an aromatic ring is 1. The van der Waals surface area contributed by atoms with Gasteiger partial charge in [-0.1, -0.05) is 26.2 Å². The Morgan fingerprint density at radius 3 is 2.82 bits per heavy atom. The van der Waals surface area contributed by atoms with Crippen LogP contribution in [0.25, 0.3) is 0 Å². The molecule has 0 fully saturated rings. The molecular formula is C14H21N3. The lowest BCUT2D eigenvalue weighted by Crippen LogP contribution is -2.16. The molecule has 0 aliphatic heterocycles. The third kappa shape index (κ3) is 4.36. The van der Waals surface area contributed by atoms with Crippen LogP contribution in [0.1, 0.15) is 45.1 Å².